The largest absolute Gasteiger partial charge is 0.378 e. The Hall–Kier alpha value is -0.560. The van der Waals surface area contributed by atoms with E-state index in [4.69, 9.17) is 10.6 Å². The lowest BCUT2D eigenvalue weighted by Gasteiger charge is -2.24. The first kappa shape index (κ1) is 12.5. The number of ether oxygens (including phenoxy) is 1. The normalized spacial score (nSPS) is 22.9. The molecule has 0 spiro atoms. The lowest BCUT2D eigenvalue weighted by Crippen LogP contribution is -2.35. The van der Waals surface area contributed by atoms with E-state index < -0.39 is 0 Å². The Morgan fingerprint density at radius 3 is 3.00 bits per heavy atom. The summed E-state index contributed by atoms with van der Waals surface area (Å²) in [6.45, 7) is 2.79. The topological polar surface area (TPSA) is 47.3 Å². The maximum atomic E-state index is 5.67. The molecule has 0 aromatic heterocycles. The van der Waals surface area contributed by atoms with E-state index in [1.807, 2.05) is 6.92 Å². The van der Waals surface area contributed by atoms with Gasteiger partial charge in [0.15, 0.2) is 0 Å². The van der Waals surface area contributed by atoms with Gasteiger partial charge in [-0.1, -0.05) is 0 Å². The minimum atomic E-state index is 0.308. The van der Waals surface area contributed by atoms with Crippen molar-refractivity contribution in [3.63, 3.8) is 0 Å². The Kier molecular flexibility index (Phi) is 6.42. The minimum Gasteiger partial charge on any atom is -0.378 e. The van der Waals surface area contributed by atoms with Gasteiger partial charge in [0.1, 0.15) is 0 Å². The van der Waals surface area contributed by atoms with Gasteiger partial charge in [-0.05, 0) is 39.0 Å². The van der Waals surface area contributed by atoms with Crippen LogP contribution in [0, 0.1) is 11.8 Å². The van der Waals surface area contributed by atoms with Gasteiger partial charge in [-0.3, -0.25) is 11.3 Å². The zero-order chi connectivity index (χ0) is 10.9. The number of nitrogens with one attached hydrogen (secondary N) is 1. The summed E-state index contributed by atoms with van der Waals surface area (Å²) in [4.78, 5) is 0. The Labute approximate surface area is 92.7 Å². The van der Waals surface area contributed by atoms with Crippen LogP contribution in [0.4, 0.5) is 0 Å². The summed E-state index contributed by atoms with van der Waals surface area (Å²) in [6, 6.07) is 0.308. The monoisotopic (exact) mass is 210 g/mol. The fraction of sp³-hybridized carbons (Fsp3) is 0.833. The molecule has 3 N–H and O–H groups in total. The van der Waals surface area contributed by atoms with Crippen LogP contribution in [0.5, 0.6) is 0 Å². The third-order valence-corrected chi connectivity index (χ3v) is 2.87. The molecule has 0 bridgehead atoms. The smallest absolute Gasteiger partial charge is 0.0575 e. The lowest BCUT2D eigenvalue weighted by molar-refractivity contribution is 0.00866. The van der Waals surface area contributed by atoms with Crippen LogP contribution < -0.4 is 11.3 Å². The summed E-state index contributed by atoms with van der Waals surface area (Å²) in [7, 11) is 0. The zero-order valence-electron chi connectivity index (χ0n) is 9.59. The highest BCUT2D eigenvalue weighted by atomic mass is 16.5. The van der Waals surface area contributed by atoms with E-state index in [0.29, 0.717) is 12.1 Å². The van der Waals surface area contributed by atoms with E-state index >= 15 is 0 Å². The van der Waals surface area contributed by atoms with Gasteiger partial charge < -0.3 is 4.74 Å². The maximum Gasteiger partial charge on any atom is 0.0575 e. The second-order valence-corrected chi connectivity index (χ2v) is 4.06. The zero-order valence-corrected chi connectivity index (χ0v) is 9.59. The molecular formula is C12H22N2O. The highest BCUT2D eigenvalue weighted by Crippen LogP contribution is 2.18. The van der Waals surface area contributed by atoms with Gasteiger partial charge in [0, 0.05) is 19.1 Å². The van der Waals surface area contributed by atoms with Crippen LogP contribution in [-0.4, -0.2) is 18.8 Å². The van der Waals surface area contributed by atoms with Crippen molar-refractivity contribution in [1.82, 2.24) is 5.43 Å². The van der Waals surface area contributed by atoms with E-state index in [2.05, 4.69) is 17.3 Å². The molecule has 0 aliphatic carbocycles. The van der Waals surface area contributed by atoms with Crippen LogP contribution in [-0.2, 0) is 4.74 Å². The molecule has 1 aliphatic heterocycles. The highest BCUT2D eigenvalue weighted by Gasteiger charge is 2.15. The molecule has 2 unspecified atom stereocenters. The summed E-state index contributed by atoms with van der Waals surface area (Å²) < 4.78 is 5.67. The van der Waals surface area contributed by atoms with Crippen LogP contribution in [0.3, 0.4) is 0 Å². The minimum absolute atomic E-state index is 0.308. The van der Waals surface area contributed by atoms with E-state index in [1.165, 1.54) is 19.3 Å². The second-order valence-electron chi connectivity index (χ2n) is 4.06. The molecule has 1 aliphatic rings. The van der Waals surface area contributed by atoms with Crippen molar-refractivity contribution in [2.75, 3.05) is 6.61 Å². The molecule has 0 aromatic carbocycles. The Morgan fingerprint density at radius 2 is 2.40 bits per heavy atom. The molecular weight excluding hydrogens is 188 g/mol. The van der Waals surface area contributed by atoms with Crippen molar-refractivity contribution in [3.8, 4) is 11.8 Å². The maximum absolute atomic E-state index is 5.67. The molecule has 1 fully saturated rings. The molecule has 86 valence electrons. The third-order valence-electron chi connectivity index (χ3n) is 2.87. The lowest BCUT2D eigenvalue weighted by atomic mass is 10.0. The highest BCUT2D eigenvalue weighted by molar-refractivity contribution is 4.97. The quantitative estimate of drug-likeness (QED) is 0.411. The summed E-state index contributed by atoms with van der Waals surface area (Å²) >= 11 is 0. The predicted molar refractivity (Wildman–Crippen MR) is 62.0 cm³/mol. The van der Waals surface area contributed by atoms with Crippen molar-refractivity contribution in [2.24, 2.45) is 5.84 Å². The first-order valence-corrected chi connectivity index (χ1v) is 5.84. The average Bonchev–Trinajstić information content (AvgIpc) is 2.31. The Balaban J connectivity index is 2.16. The molecule has 0 amide bonds. The second kappa shape index (κ2) is 7.70. The first-order valence-electron chi connectivity index (χ1n) is 5.84. The van der Waals surface area contributed by atoms with E-state index in [9.17, 15) is 0 Å². The van der Waals surface area contributed by atoms with Crippen LogP contribution in [0.15, 0.2) is 0 Å². The molecule has 0 saturated carbocycles. The van der Waals surface area contributed by atoms with E-state index in [0.717, 1.165) is 25.9 Å². The summed E-state index contributed by atoms with van der Waals surface area (Å²) in [5, 5.41) is 0. The van der Waals surface area contributed by atoms with Crippen LogP contribution in [0.1, 0.15) is 45.4 Å². The third kappa shape index (κ3) is 5.17. The summed E-state index contributed by atoms with van der Waals surface area (Å²) in [6.07, 6.45) is 7.16. The molecule has 15 heavy (non-hydrogen) atoms. The fourth-order valence-electron chi connectivity index (χ4n) is 1.89. The average molecular weight is 210 g/mol. The first-order chi connectivity index (χ1) is 7.36. The molecule has 0 aromatic rings. The number of nitrogens with two attached hydrogens (primary N) is 1. The van der Waals surface area contributed by atoms with Gasteiger partial charge in [0.25, 0.3) is 0 Å². The van der Waals surface area contributed by atoms with Crippen molar-refractivity contribution < 1.29 is 4.74 Å². The van der Waals surface area contributed by atoms with E-state index in [1.54, 1.807) is 0 Å². The van der Waals surface area contributed by atoms with Gasteiger partial charge in [-0.15, -0.1) is 11.8 Å². The van der Waals surface area contributed by atoms with Gasteiger partial charge >= 0.3 is 0 Å². The summed E-state index contributed by atoms with van der Waals surface area (Å²) in [5.74, 6) is 11.4. The Morgan fingerprint density at radius 1 is 1.53 bits per heavy atom. The van der Waals surface area contributed by atoms with Gasteiger partial charge in [-0.2, -0.15) is 0 Å². The summed E-state index contributed by atoms with van der Waals surface area (Å²) in [5.41, 5.74) is 2.82. The van der Waals surface area contributed by atoms with Crippen molar-refractivity contribution in [1.29, 1.82) is 0 Å². The van der Waals surface area contributed by atoms with Gasteiger partial charge in [0.05, 0.1) is 6.10 Å². The molecule has 0 radical (unpaired) electrons. The number of hydrogen-bond donors (Lipinski definition) is 2. The molecule has 3 heteroatoms. The van der Waals surface area contributed by atoms with Gasteiger partial charge in [-0.25, -0.2) is 0 Å². The Bertz CT molecular complexity index is 213. The fourth-order valence-corrected chi connectivity index (χ4v) is 1.89. The van der Waals surface area contributed by atoms with E-state index in [-0.39, 0.29) is 0 Å². The molecule has 1 rings (SSSR count). The van der Waals surface area contributed by atoms with Gasteiger partial charge in [0.2, 0.25) is 0 Å². The van der Waals surface area contributed by atoms with Crippen LogP contribution in [0.2, 0.25) is 0 Å². The predicted octanol–water partition coefficient (Wildman–Crippen LogP) is 1.58. The molecule has 2 atom stereocenters. The number of hydrazine groups is 1. The van der Waals surface area contributed by atoms with Crippen molar-refractivity contribution >= 4 is 0 Å². The van der Waals surface area contributed by atoms with Crippen molar-refractivity contribution in [2.45, 2.75) is 57.6 Å². The van der Waals surface area contributed by atoms with Crippen molar-refractivity contribution in [3.05, 3.63) is 0 Å². The SMILES string of the molecule is CC#CCC(CCC1CCCCO1)NN. The van der Waals surface area contributed by atoms with Crippen LogP contribution >= 0.6 is 0 Å². The number of hydrogen-bond acceptors (Lipinski definition) is 3. The number of rotatable bonds is 5. The van der Waals surface area contributed by atoms with Crippen LogP contribution in [0.25, 0.3) is 0 Å². The molecule has 1 heterocycles. The molecule has 3 nitrogen and oxygen atoms in total. The standard InChI is InChI=1S/C12H22N2O/c1-2-3-6-11(14-13)8-9-12-7-4-5-10-15-12/h11-12,14H,4-10,13H2,1H3. The molecule has 1 saturated heterocycles.